The highest BCUT2D eigenvalue weighted by atomic mass is 15.1. The van der Waals surface area contributed by atoms with Crippen molar-refractivity contribution in [3.63, 3.8) is 0 Å². The van der Waals surface area contributed by atoms with Gasteiger partial charge >= 0.3 is 0 Å². The van der Waals surface area contributed by atoms with Gasteiger partial charge in [0.2, 0.25) is 0 Å². The van der Waals surface area contributed by atoms with Crippen LogP contribution in [-0.4, -0.2) is 0 Å². The normalized spacial score (nSPS) is 12.9. The van der Waals surface area contributed by atoms with Crippen LogP contribution in [0.4, 0.5) is 17.1 Å². The Morgan fingerprint density at radius 3 is 1.49 bits per heavy atom. The molecular weight excluding hydrogens is 783 g/mol. The van der Waals surface area contributed by atoms with E-state index in [2.05, 4.69) is 267 Å². The molecule has 0 bridgehead atoms. The van der Waals surface area contributed by atoms with Crippen LogP contribution < -0.4 is 4.90 Å². The first-order valence-corrected chi connectivity index (χ1v) is 22.7. The number of hydrogen-bond donors (Lipinski definition) is 0. The Labute approximate surface area is 381 Å². The first-order chi connectivity index (χ1) is 32.0. The van der Waals surface area contributed by atoms with Gasteiger partial charge in [-0.25, -0.2) is 0 Å². The van der Waals surface area contributed by atoms with Crippen molar-refractivity contribution in [2.75, 3.05) is 4.90 Å². The maximum atomic E-state index is 2.47. The van der Waals surface area contributed by atoms with Crippen LogP contribution in [0.1, 0.15) is 47.2 Å². The van der Waals surface area contributed by atoms with Gasteiger partial charge < -0.3 is 4.90 Å². The van der Waals surface area contributed by atoms with Crippen LogP contribution in [0, 0.1) is 0 Å². The molecular formula is C64H47N. The molecule has 0 heterocycles. The van der Waals surface area contributed by atoms with E-state index in [0.29, 0.717) is 0 Å². The number of rotatable bonds is 8. The molecule has 0 saturated heterocycles. The molecule has 1 heteroatoms. The Hall–Kier alpha value is -8.00. The molecule has 0 radical (unpaired) electrons. The summed E-state index contributed by atoms with van der Waals surface area (Å²) in [7, 11) is 0. The zero-order chi connectivity index (χ0) is 43.5. The second-order valence-corrected chi connectivity index (χ2v) is 18.1. The van der Waals surface area contributed by atoms with Gasteiger partial charge in [0.25, 0.3) is 0 Å². The molecule has 12 rings (SSSR count). The molecule has 0 atom stereocenters. The molecule has 1 aliphatic rings. The summed E-state index contributed by atoms with van der Waals surface area (Å²) >= 11 is 0. The van der Waals surface area contributed by atoms with Crippen molar-refractivity contribution in [1.29, 1.82) is 0 Å². The Morgan fingerprint density at radius 2 is 0.800 bits per heavy atom. The van der Waals surface area contributed by atoms with E-state index < -0.39 is 5.41 Å². The Bertz CT molecular complexity index is 3490. The largest absolute Gasteiger partial charge is 0.310 e. The zero-order valence-electron chi connectivity index (χ0n) is 36.6. The number of hydrogen-bond acceptors (Lipinski definition) is 1. The number of benzene rings is 11. The quantitative estimate of drug-likeness (QED) is 0.138. The van der Waals surface area contributed by atoms with Gasteiger partial charge in [0.1, 0.15) is 0 Å². The van der Waals surface area contributed by atoms with Crippen molar-refractivity contribution >= 4 is 49.4 Å². The zero-order valence-corrected chi connectivity index (χ0v) is 36.6. The van der Waals surface area contributed by atoms with Gasteiger partial charge in [0.15, 0.2) is 0 Å². The van der Waals surface area contributed by atoms with E-state index in [0.717, 1.165) is 17.1 Å². The molecule has 0 amide bonds. The van der Waals surface area contributed by atoms with Crippen LogP contribution in [0.5, 0.6) is 0 Å². The van der Waals surface area contributed by atoms with Crippen molar-refractivity contribution in [2.45, 2.75) is 24.7 Å². The van der Waals surface area contributed by atoms with Gasteiger partial charge in [-0.2, -0.15) is 0 Å². The van der Waals surface area contributed by atoms with Crippen molar-refractivity contribution in [1.82, 2.24) is 0 Å². The summed E-state index contributed by atoms with van der Waals surface area (Å²) < 4.78 is 0. The Balaban J connectivity index is 1.02. The summed E-state index contributed by atoms with van der Waals surface area (Å²) in [5, 5.41) is 7.56. The van der Waals surface area contributed by atoms with E-state index in [1.165, 1.54) is 88.0 Å². The van der Waals surface area contributed by atoms with Gasteiger partial charge in [-0.1, -0.05) is 226 Å². The van der Waals surface area contributed by atoms with Crippen molar-refractivity contribution < 1.29 is 0 Å². The van der Waals surface area contributed by atoms with E-state index >= 15 is 0 Å². The molecule has 65 heavy (non-hydrogen) atoms. The average molecular weight is 830 g/mol. The fourth-order valence-corrected chi connectivity index (χ4v) is 10.9. The summed E-state index contributed by atoms with van der Waals surface area (Å²) in [6.45, 7) is 4.61. The minimum absolute atomic E-state index is 0.0973. The molecule has 11 aromatic rings. The number of fused-ring (bicyclic) bond motifs is 8. The fourth-order valence-electron chi connectivity index (χ4n) is 10.9. The van der Waals surface area contributed by atoms with Crippen LogP contribution in [-0.2, 0) is 10.8 Å². The highest BCUT2D eigenvalue weighted by Crippen LogP contribution is 2.57. The molecule has 0 spiro atoms. The van der Waals surface area contributed by atoms with Gasteiger partial charge in [0.05, 0.1) is 5.41 Å². The van der Waals surface area contributed by atoms with E-state index in [-0.39, 0.29) is 5.41 Å². The predicted molar refractivity (Wildman–Crippen MR) is 275 cm³/mol. The maximum Gasteiger partial charge on any atom is 0.0714 e. The summed E-state index contributed by atoms with van der Waals surface area (Å²) in [5.41, 5.74) is 15.4. The predicted octanol–water partition coefficient (Wildman–Crippen LogP) is 17.0. The first-order valence-electron chi connectivity index (χ1n) is 22.7. The van der Waals surface area contributed by atoms with Crippen molar-refractivity contribution in [2.24, 2.45) is 0 Å². The summed E-state index contributed by atoms with van der Waals surface area (Å²) in [6.07, 6.45) is 0. The van der Waals surface area contributed by atoms with E-state index in [9.17, 15) is 0 Å². The minimum atomic E-state index is -0.508. The van der Waals surface area contributed by atoms with E-state index in [4.69, 9.17) is 0 Å². The van der Waals surface area contributed by atoms with Gasteiger partial charge in [-0.05, 0) is 124 Å². The Morgan fingerprint density at radius 1 is 0.323 bits per heavy atom. The molecule has 1 aliphatic carbocycles. The lowest BCUT2D eigenvalue weighted by Crippen LogP contribution is -2.28. The van der Waals surface area contributed by atoms with E-state index in [1.54, 1.807) is 0 Å². The van der Waals surface area contributed by atoms with Crippen LogP contribution in [0.15, 0.2) is 249 Å². The molecule has 1 nitrogen and oxygen atoms in total. The van der Waals surface area contributed by atoms with Gasteiger partial charge in [-0.3, -0.25) is 0 Å². The maximum absolute atomic E-state index is 2.47. The first kappa shape index (κ1) is 38.7. The van der Waals surface area contributed by atoms with Crippen molar-refractivity contribution in [3.05, 3.63) is 282 Å². The van der Waals surface area contributed by atoms with Crippen LogP contribution >= 0.6 is 0 Å². The standard InChI is InChI=1S/C64H47N/c1-63(2,48-17-6-3-7-18-48)49-32-26-44(27-33-49)45-28-34-52(35-29-45)65(53-36-40-56-47(42-53)31-39-57-55-23-13-12-16-46(55)30-38-58(56)57)54-37-41-60-59-24-14-15-25-61(59)64(62(60)43-54,50-19-8-4-9-20-50)51-21-10-5-11-22-51/h3-43H,1-2H3. The summed E-state index contributed by atoms with van der Waals surface area (Å²) in [4.78, 5) is 2.45. The van der Waals surface area contributed by atoms with Crippen LogP contribution in [0.2, 0.25) is 0 Å². The smallest absolute Gasteiger partial charge is 0.0714 e. The fraction of sp³-hybridized carbons (Fsp3) is 0.0625. The lowest BCUT2D eigenvalue weighted by Gasteiger charge is -2.35. The third kappa shape index (κ3) is 6.22. The van der Waals surface area contributed by atoms with Crippen LogP contribution in [0.3, 0.4) is 0 Å². The van der Waals surface area contributed by atoms with Crippen LogP contribution in [0.25, 0.3) is 54.6 Å². The summed E-state index contributed by atoms with van der Waals surface area (Å²) in [6, 6.07) is 92.2. The molecule has 0 aromatic heterocycles. The molecule has 0 aliphatic heterocycles. The summed E-state index contributed by atoms with van der Waals surface area (Å²) in [5.74, 6) is 0. The second kappa shape index (κ2) is 15.4. The highest BCUT2D eigenvalue weighted by molar-refractivity contribution is 6.17. The average Bonchev–Trinajstić information content (AvgIpc) is 3.67. The molecule has 0 unspecified atom stereocenters. The molecule has 0 fully saturated rings. The minimum Gasteiger partial charge on any atom is -0.310 e. The van der Waals surface area contributed by atoms with E-state index in [1.807, 2.05) is 0 Å². The van der Waals surface area contributed by atoms with Gasteiger partial charge in [-0.15, -0.1) is 0 Å². The van der Waals surface area contributed by atoms with Crippen molar-refractivity contribution in [3.8, 4) is 22.3 Å². The third-order valence-corrected chi connectivity index (χ3v) is 14.2. The molecule has 0 saturated carbocycles. The number of nitrogens with zero attached hydrogens (tertiary/aromatic N) is 1. The van der Waals surface area contributed by atoms with Gasteiger partial charge in [0, 0.05) is 22.5 Å². The third-order valence-electron chi connectivity index (χ3n) is 14.2. The molecule has 308 valence electrons. The number of anilines is 3. The second-order valence-electron chi connectivity index (χ2n) is 18.1. The molecule has 11 aromatic carbocycles. The SMILES string of the molecule is CC(C)(c1ccccc1)c1ccc(-c2ccc(N(c3ccc4c(c3)C(c3ccccc3)(c3ccccc3)c3ccccc3-4)c3ccc4c(ccc5c6ccccc6ccc45)c3)cc2)cc1. The molecule has 0 N–H and O–H groups in total. The Kier molecular flexibility index (Phi) is 9.14. The lowest BCUT2D eigenvalue weighted by atomic mass is 9.67. The highest BCUT2D eigenvalue weighted by Gasteiger charge is 2.46. The monoisotopic (exact) mass is 829 g/mol. The lowest BCUT2D eigenvalue weighted by molar-refractivity contribution is 0.641. The topological polar surface area (TPSA) is 3.24 Å².